The maximum Gasteiger partial charge on any atom is 0.335 e. The molecule has 2 aromatic rings. The number of nitrogens with zero attached hydrogens (tertiary/aromatic N) is 3. The van der Waals surface area contributed by atoms with Crippen LogP contribution in [0.2, 0.25) is 0 Å². The molecule has 1 heterocycles. The van der Waals surface area contributed by atoms with Gasteiger partial charge in [-0.15, -0.1) is 0 Å². The molecule has 0 amide bonds. The molecule has 0 saturated carbocycles. The van der Waals surface area contributed by atoms with Gasteiger partial charge in [0, 0.05) is 5.56 Å². The van der Waals surface area contributed by atoms with Crippen molar-refractivity contribution in [3.63, 3.8) is 0 Å². The molecule has 0 fully saturated rings. The second-order valence-electron chi connectivity index (χ2n) is 3.22. The van der Waals surface area contributed by atoms with Crippen LogP contribution >= 0.6 is 0 Å². The quantitative estimate of drug-likeness (QED) is 0.888. The minimum Gasteiger partial charge on any atom is -0.478 e. The van der Waals surface area contributed by atoms with Crippen molar-refractivity contribution in [2.45, 2.75) is 6.43 Å². The van der Waals surface area contributed by atoms with E-state index in [0.717, 1.165) is 22.9 Å². The number of hydrogen-bond acceptors (Lipinski definition) is 3. The molecule has 0 spiro atoms. The summed E-state index contributed by atoms with van der Waals surface area (Å²) < 4.78 is 26.6. The van der Waals surface area contributed by atoms with Gasteiger partial charge in [-0.2, -0.15) is 5.10 Å². The molecule has 17 heavy (non-hydrogen) atoms. The Labute approximate surface area is 94.3 Å². The number of carbonyl (C=O) groups is 1. The molecule has 0 radical (unpaired) electrons. The van der Waals surface area contributed by atoms with Gasteiger partial charge in [0.05, 0.1) is 11.3 Å². The molecule has 0 saturated heterocycles. The van der Waals surface area contributed by atoms with E-state index in [2.05, 4.69) is 10.1 Å². The molecule has 1 aromatic heterocycles. The lowest BCUT2D eigenvalue weighted by Crippen LogP contribution is -2.04. The lowest BCUT2D eigenvalue weighted by Gasteiger charge is -2.09. The van der Waals surface area contributed by atoms with Gasteiger partial charge >= 0.3 is 5.97 Å². The molecule has 0 aliphatic carbocycles. The summed E-state index contributed by atoms with van der Waals surface area (Å²) in [4.78, 5) is 14.4. The van der Waals surface area contributed by atoms with Gasteiger partial charge in [0.2, 0.25) is 0 Å². The number of rotatable bonds is 3. The Balaban J connectivity index is 2.60. The van der Waals surface area contributed by atoms with E-state index in [1.165, 1.54) is 12.7 Å². The first-order valence-electron chi connectivity index (χ1n) is 4.60. The van der Waals surface area contributed by atoms with Crippen LogP contribution in [0.1, 0.15) is 22.3 Å². The van der Waals surface area contributed by atoms with Gasteiger partial charge in [0.1, 0.15) is 12.7 Å². The van der Waals surface area contributed by atoms with E-state index in [1.54, 1.807) is 0 Å². The Morgan fingerprint density at radius 2 is 2.18 bits per heavy atom. The highest BCUT2D eigenvalue weighted by Crippen LogP contribution is 2.26. The van der Waals surface area contributed by atoms with Crippen molar-refractivity contribution in [3.8, 4) is 5.69 Å². The van der Waals surface area contributed by atoms with E-state index in [0.29, 0.717) is 0 Å². The summed E-state index contributed by atoms with van der Waals surface area (Å²) in [7, 11) is 0. The van der Waals surface area contributed by atoms with Gasteiger partial charge in [-0.25, -0.2) is 23.2 Å². The molecular weight excluding hydrogens is 232 g/mol. The fourth-order valence-corrected chi connectivity index (χ4v) is 1.39. The molecule has 1 aromatic carbocycles. The van der Waals surface area contributed by atoms with Crippen LogP contribution in [0.25, 0.3) is 5.69 Å². The van der Waals surface area contributed by atoms with Crippen molar-refractivity contribution < 1.29 is 18.7 Å². The Bertz CT molecular complexity index is 540. The van der Waals surface area contributed by atoms with Crippen LogP contribution < -0.4 is 0 Å². The molecule has 0 aliphatic rings. The summed E-state index contributed by atoms with van der Waals surface area (Å²) in [6.07, 6.45) is -0.299. The van der Waals surface area contributed by atoms with Gasteiger partial charge < -0.3 is 5.11 Å². The molecule has 0 unspecified atom stereocenters. The smallest absolute Gasteiger partial charge is 0.335 e. The predicted octanol–water partition coefficient (Wildman–Crippen LogP) is 1.90. The Kier molecular flexibility index (Phi) is 2.82. The van der Waals surface area contributed by atoms with Gasteiger partial charge in [0.15, 0.2) is 0 Å². The Morgan fingerprint density at radius 3 is 2.71 bits per heavy atom. The molecule has 2 rings (SSSR count). The normalized spacial score (nSPS) is 10.8. The molecule has 5 nitrogen and oxygen atoms in total. The zero-order valence-corrected chi connectivity index (χ0v) is 8.42. The first-order chi connectivity index (χ1) is 8.09. The standard InChI is InChI=1S/C10H7F2N3O2/c11-9(12)7-2-1-6(10(16)17)3-8(7)15-5-13-4-14-15/h1-5,9H,(H,16,17). The van der Waals surface area contributed by atoms with E-state index in [9.17, 15) is 13.6 Å². The molecule has 0 bridgehead atoms. The van der Waals surface area contributed by atoms with Gasteiger partial charge in [-0.05, 0) is 12.1 Å². The Morgan fingerprint density at radius 1 is 1.41 bits per heavy atom. The number of benzene rings is 1. The van der Waals surface area contributed by atoms with Crippen LogP contribution in [0.5, 0.6) is 0 Å². The summed E-state index contributed by atoms with van der Waals surface area (Å²) in [5.74, 6) is -1.19. The molecule has 0 aliphatic heterocycles. The zero-order valence-electron chi connectivity index (χ0n) is 8.42. The third-order valence-corrected chi connectivity index (χ3v) is 2.18. The van der Waals surface area contributed by atoms with Gasteiger partial charge in [0.25, 0.3) is 6.43 Å². The van der Waals surface area contributed by atoms with Crippen molar-refractivity contribution in [1.29, 1.82) is 0 Å². The van der Waals surface area contributed by atoms with E-state index in [-0.39, 0.29) is 16.8 Å². The third-order valence-electron chi connectivity index (χ3n) is 2.18. The van der Waals surface area contributed by atoms with Crippen molar-refractivity contribution in [2.75, 3.05) is 0 Å². The summed E-state index contributed by atoms with van der Waals surface area (Å²) in [6.45, 7) is 0. The molecule has 0 atom stereocenters. The fraction of sp³-hybridized carbons (Fsp3) is 0.100. The number of halogens is 2. The van der Waals surface area contributed by atoms with Crippen molar-refractivity contribution in [2.24, 2.45) is 0 Å². The molecule has 88 valence electrons. The van der Waals surface area contributed by atoms with E-state index in [4.69, 9.17) is 5.11 Å². The Hall–Kier alpha value is -2.31. The first-order valence-corrected chi connectivity index (χ1v) is 4.60. The second kappa shape index (κ2) is 4.28. The molecular formula is C10H7F2N3O2. The summed E-state index contributed by atoms with van der Waals surface area (Å²) in [5, 5.41) is 12.5. The van der Waals surface area contributed by atoms with E-state index < -0.39 is 12.4 Å². The SMILES string of the molecule is O=C(O)c1ccc(C(F)F)c(-n2cncn2)c1. The van der Waals surface area contributed by atoms with Crippen LogP contribution in [0, 0.1) is 0 Å². The van der Waals surface area contributed by atoms with Gasteiger partial charge in [-0.3, -0.25) is 0 Å². The highest BCUT2D eigenvalue weighted by molar-refractivity contribution is 5.88. The second-order valence-corrected chi connectivity index (χ2v) is 3.22. The summed E-state index contributed by atoms with van der Waals surface area (Å²) in [5.41, 5.74) is -0.363. The average Bonchev–Trinajstić information content (AvgIpc) is 2.81. The average molecular weight is 239 g/mol. The number of aromatic carboxylic acids is 1. The minimum atomic E-state index is -2.71. The first kappa shape index (κ1) is 11.2. The fourth-order valence-electron chi connectivity index (χ4n) is 1.39. The van der Waals surface area contributed by atoms with E-state index >= 15 is 0 Å². The van der Waals surface area contributed by atoms with Crippen molar-refractivity contribution in [1.82, 2.24) is 14.8 Å². The summed E-state index contributed by atoms with van der Waals surface area (Å²) in [6, 6.07) is 3.34. The van der Waals surface area contributed by atoms with E-state index in [1.807, 2.05) is 0 Å². The number of carboxylic acid groups (broad SMARTS) is 1. The largest absolute Gasteiger partial charge is 0.478 e. The molecule has 7 heteroatoms. The minimum absolute atomic E-state index is 0.0115. The maximum atomic E-state index is 12.7. The van der Waals surface area contributed by atoms with Crippen molar-refractivity contribution in [3.05, 3.63) is 42.0 Å². The van der Waals surface area contributed by atoms with Crippen LogP contribution in [-0.4, -0.2) is 25.8 Å². The topological polar surface area (TPSA) is 68.0 Å². The highest BCUT2D eigenvalue weighted by Gasteiger charge is 2.17. The van der Waals surface area contributed by atoms with Crippen molar-refractivity contribution >= 4 is 5.97 Å². The zero-order chi connectivity index (χ0) is 12.4. The highest BCUT2D eigenvalue weighted by atomic mass is 19.3. The maximum absolute atomic E-state index is 12.7. The summed E-state index contributed by atoms with van der Waals surface area (Å²) >= 11 is 0. The van der Waals surface area contributed by atoms with Crippen LogP contribution in [0.4, 0.5) is 8.78 Å². The number of aromatic nitrogens is 3. The third kappa shape index (κ3) is 2.12. The number of alkyl halides is 2. The molecule has 1 N–H and O–H groups in total. The number of hydrogen-bond donors (Lipinski definition) is 1. The van der Waals surface area contributed by atoms with Crippen LogP contribution in [0.15, 0.2) is 30.9 Å². The lowest BCUT2D eigenvalue weighted by atomic mass is 10.1. The van der Waals surface area contributed by atoms with Gasteiger partial charge in [-0.1, -0.05) is 6.07 Å². The van der Waals surface area contributed by atoms with Crippen LogP contribution in [-0.2, 0) is 0 Å². The van der Waals surface area contributed by atoms with Crippen LogP contribution in [0.3, 0.4) is 0 Å². The lowest BCUT2D eigenvalue weighted by molar-refractivity contribution is 0.0696. The number of carboxylic acids is 1. The monoisotopic (exact) mass is 239 g/mol. The predicted molar refractivity (Wildman–Crippen MR) is 53.3 cm³/mol.